The summed E-state index contributed by atoms with van der Waals surface area (Å²) in [7, 11) is 0. The number of piperazine rings is 1. The maximum absolute atomic E-state index is 13.3. The Morgan fingerprint density at radius 2 is 2.10 bits per heavy atom. The van der Waals surface area contributed by atoms with Gasteiger partial charge in [-0.1, -0.05) is 0 Å². The Labute approximate surface area is 138 Å². The van der Waals surface area contributed by atoms with Crippen molar-refractivity contribution in [1.82, 2.24) is 15.5 Å². The minimum atomic E-state index is -0.352. The Balaban J connectivity index is 0.00000200. The molecule has 1 amide bonds. The lowest BCUT2D eigenvalue weighted by Crippen LogP contribution is -2.46. The van der Waals surface area contributed by atoms with Crippen LogP contribution in [0.3, 0.4) is 0 Å². The SMILES string of the molecule is Cl.O=C(NCCN1CCNCC1)c1ccc(I)c(F)c1. The average Bonchev–Trinajstić information content (AvgIpc) is 2.43. The van der Waals surface area contributed by atoms with E-state index >= 15 is 0 Å². The molecule has 0 aromatic heterocycles. The first-order valence-electron chi connectivity index (χ1n) is 6.33. The second-order valence-electron chi connectivity index (χ2n) is 4.48. The second-order valence-corrected chi connectivity index (χ2v) is 5.64. The highest BCUT2D eigenvalue weighted by atomic mass is 127. The van der Waals surface area contributed by atoms with Gasteiger partial charge < -0.3 is 10.6 Å². The fourth-order valence-corrected chi connectivity index (χ4v) is 2.34. The number of carbonyl (C=O) groups excluding carboxylic acids is 1. The van der Waals surface area contributed by atoms with E-state index in [9.17, 15) is 9.18 Å². The molecule has 1 fully saturated rings. The molecule has 0 saturated carbocycles. The van der Waals surface area contributed by atoms with Crippen molar-refractivity contribution in [2.24, 2.45) is 0 Å². The van der Waals surface area contributed by atoms with Crippen LogP contribution in [-0.4, -0.2) is 50.1 Å². The van der Waals surface area contributed by atoms with Gasteiger partial charge in [-0.15, -0.1) is 12.4 Å². The number of halogens is 3. The minimum Gasteiger partial charge on any atom is -0.351 e. The molecule has 7 heteroatoms. The standard InChI is InChI=1S/C13H17FIN3O.ClH/c14-11-9-10(1-2-12(11)15)13(19)17-5-8-18-6-3-16-4-7-18;/h1-2,9,16H,3-8H2,(H,17,19);1H. The van der Waals surface area contributed by atoms with Gasteiger partial charge >= 0.3 is 0 Å². The van der Waals surface area contributed by atoms with Crippen molar-refractivity contribution in [1.29, 1.82) is 0 Å². The molecule has 20 heavy (non-hydrogen) atoms. The summed E-state index contributed by atoms with van der Waals surface area (Å²) < 4.78 is 13.9. The van der Waals surface area contributed by atoms with Gasteiger partial charge in [0.15, 0.2) is 0 Å². The van der Waals surface area contributed by atoms with Crippen molar-refractivity contribution in [3.05, 3.63) is 33.1 Å². The summed E-state index contributed by atoms with van der Waals surface area (Å²) in [4.78, 5) is 14.1. The van der Waals surface area contributed by atoms with Gasteiger partial charge in [0.2, 0.25) is 0 Å². The minimum absolute atomic E-state index is 0. The zero-order valence-corrected chi connectivity index (χ0v) is 14.0. The van der Waals surface area contributed by atoms with E-state index in [0.717, 1.165) is 32.7 Å². The highest BCUT2D eigenvalue weighted by Gasteiger charge is 2.11. The number of nitrogens with one attached hydrogen (secondary N) is 2. The average molecular weight is 414 g/mol. The van der Waals surface area contributed by atoms with E-state index in [0.29, 0.717) is 15.7 Å². The third kappa shape index (κ3) is 5.16. The molecule has 0 unspecified atom stereocenters. The Morgan fingerprint density at radius 3 is 2.75 bits per heavy atom. The molecule has 0 bridgehead atoms. The Kier molecular flexibility index (Phi) is 7.71. The van der Waals surface area contributed by atoms with Crippen LogP contribution >= 0.6 is 35.0 Å². The topological polar surface area (TPSA) is 44.4 Å². The molecule has 1 aromatic carbocycles. The van der Waals surface area contributed by atoms with Crippen molar-refractivity contribution >= 4 is 40.9 Å². The van der Waals surface area contributed by atoms with E-state index in [4.69, 9.17) is 0 Å². The van der Waals surface area contributed by atoms with E-state index < -0.39 is 0 Å². The van der Waals surface area contributed by atoms with Crippen LogP contribution in [0, 0.1) is 9.39 Å². The smallest absolute Gasteiger partial charge is 0.251 e. The summed E-state index contributed by atoms with van der Waals surface area (Å²) in [5, 5.41) is 6.10. The first kappa shape index (κ1) is 17.6. The maximum atomic E-state index is 13.3. The maximum Gasteiger partial charge on any atom is 0.251 e. The molecule has 2 rings (SSSR count). The monoisotopic (exact) mass is 413 g/mol. The van der Waals surface area contributed by atoms with E-state index in [1.807, 2.05) is 22.6 Å². The predicted octanol–water partition coefficient (Wildman–Crippen LogP) is 1.49. The number of nitrogens with zero attached hydrogens (tertiary/aromatic N) is 1. The molecule has 0 radical (unpaired) electrons. The molecule has 0 atom stereocenters. The van der Waals surface area contributed by atoms with Crippen molar-refractivity contribution < 1.29 is 9.18 Å². The van der Waals surface area contributed by atoms with Crippen LogP contribution in [0.15, 0.2) is 18.2 Å². The lowest BCUT2D eigenvalue weighted by molar-refractivity contribution is 0.0947. The van der Waals surface area contributed by atoms with Crippen molar-refractivity contribution in [2.45, 2.75) is 0 Å². The van der Waals surface area contributed by atoms with Gasteiger partial charge in [-0.25, -0.2) is 4.39 Å². The first-order valence-corrected chi connectivity index (χ1v) is 7.41. The Bertz CT molecular complexity index is 455. The number of benzene rings is 1. The highest BCUT2D eigenvalue weighted by molar-refractivity contribution is 14.1. The molecule has 0 aliphatic carbocycles. The number of carbonyl (C=O) groups is 1. The highest BCUT2D eigenvalue weighted by Crippen LogP contribution is 2.12. The van der Waals surface area contributed by atoms with E-state index in [-0.39, 0.29) is 24.1 Å². The molecule has 1 aliphatic rings. The van der Waals surface area contributed by atoms with Gasteiger partial charge in [0.05, 0.1) is 0 Å². The number of hydrogen-bond donors (Lipinski definition) is 2. The van der Waals surface area contributed by atoms with Crippen molar-refractivity contribution in [2.75, 3.05) is 39.3 Å². The normalized spacial score (nSPS) is 15.5. The van der Waals surface area contributed by atoms with Gasteiger partial charge in [-0.05, 0) is 40.8 Å². The summed E-state index contributed by atoms with van der Waals surface area (Å²) in [5.41, 5.74) is 0.373. The van der Waals surface area contributed by atoms with Crippen LogP contribution < -0.4 is 10.6 Å². The van der Waals surface area contributed by atoms with E-state index in [1.54, 1.807) is 12.1 Å². The molecule has 0 spiro atoms. The molecule has 112 valence electrons. The molecule has 1 aliphatic heterocycles. The number of hydrogen-bond acceptors (Lipinski definition) is 3. The molecular weight excluding hydrogens is 396 g/mol. The van der Waals surface area contributed by atoms with Crippen LogP contribution in [0.2, 0.25) is 0 Å². The summed E-state index contributed by atoms with van der Waals surface area (Å²) in [5.74, 6) is -0.569. The Hall–Kier alpha value is -0.440. The molecule has 1 saturated heterocycles. The molecule has 2 N–H and O–H groups in total. The largest absolute Gasteiger partial charge is 0.351 e. The fraction of sp³-hybridized carbons (Fsp3) is 0.462. The molecular formula is C13H18ClFIN3O. The molecule has 1 aromatic rings. The van der Waals surface area contributed by atoms with E-state index in [2.05, 4.69) is 15.5 Å². The predicted molar refractivity (Wildman–Crippen MR) is 88.0 cm³/mol. The summed E-state index contributed by atoms with van der Waals surface area (Å²) in [6.45, 7) is 5.43. The third-order valence-corrected chi connectivity index (χ3v) is 3.98. The van der Waals surface area contributed by atoms with Crippen LogP contribution in [-0.2, 0) is 0 Å². The molecule has 1 heterocycles. The quantitative estimate of drug-likeness (QED) is 0.735. The lowest BCUT2D eigenvalue weighted by Gasteiger charge is -2.27. The zero-order valence-electron chi connectivity index (χ0n) is 11.0. The van der Waals surface area contributed by atoms with E-state index in [1.165, 1.54) is 6.07 Å². The van der Waals surface area contributed by atoms with Crippen molar-refractivity contribution in [3.63, 3.8) is 0 Å². The van der Waals surface area contributed by atoms with Gasteiger partial charge in [-0.2, -0.15) is 0 Å². The lowest BCUT2D eigenvalue weighted by atomic mass is 10.2. The zero-order chi connectivity index (χ0) is 13.7. The fourth-order valence-electron chi connectivity index (χ4n) is 2.00. The third-order valence-electron chi connectivity index (χ3n) is 3.10. The van der Waals surface area contributed by atoms with Crippen LogP contribution in [0.1, 0.15) is 10.4 Å². The Morgan fingerprint density at radius 1 is 1.40 bits per heavy atom. The second kappa shape index (κ2) is 8.76. The number of amides is 1. The summed E-state index contributed by atoms with van der Waals surface area (Å²) >= 11 is 1.90. The summed E-state index contributed by atoms with van der Waals surface area (Å²) in [6, 6.07) is 4.54. The van der Waals surface area contributed by atoms with Gasteiger partial charge in [0.1, 0.15) is 5.82 Å². The molecule has 4 nitrogen and oxygen atoms in total. The van der Waals surface area contributed by atoms with Gasteiger partial charge in [-0.3, -0.25) is 9.69 Å². The van der Waals surface area contributed by atoms with Gasteiger partial charge in [0, 0.05) is 48.4 Å². The van der Waals surface area contributed by atoms with Gasteiger partial charge in [0.25, 0.3) is 5.91 Å². The first-order chi connectivity index (χ1) is 9.16. The van der Waals surface area contributed by atoms with Crippen molar-refractivity contribution in [3.8, 4) is 0 Å². The number of rotatable bonds is 4. The van der Waals surface area contributed by atoms with Crippen LogP contribution in [0.5, 0.6) is 0 Å². The van der Waals surface area contributed by atoms with Crippen LogP contribution in [0.4, 0.5) is 4.39 Å². The summed E-state index contributed by atoms with van der Waals surface area (Å²) in [6.07, 6.45) is 0. The van der Waals surface area contributed by atoms with Crippen LogP contribution in [0.25, 0.3) is 0 Å².